The smallest absolute Gasteiger partial charge is 0.319 e. The first-order valence-corrected chi connectivity index (χ1v) is 6.69. The van der Waals surface area contributed by atoms with Crippen LogP contribution in [0, 0.1) is 23.1 Å². The predicted octanol–water partition coefficient (Wildman–Crippen LogP) is 3.64. The number of amides is 2. The molecule has 0 aliphatic rings. The fourth-order valence-electron chi connectivity index (χ4n) is 1.76. The molecule has 2 amide bonds. The molecule has 0 saturated heterocycles. The van der Waals surface area contributed by atoms with Crippen LogP contribution in [0.1, 0.15) is 39.2 Å². The summed E-state index contributed by atoms with van der Waals surface area (Å²) in [5, 5.41) is 14.3. The first-order chi connectivity index (χ1) is 9.42. The van der Waals surface area contributed by atoms with Crippen LogP contribution in [0.15, 0.2) is 18.2 Å². The zero-order chi connectivity index (χ0) is 15.1. The van der Waals surface area contributed by atoms with Gasteiger partial charge in [-0.2, -0.15) is 5.26 Å². The average molecular weight is 277 g/mol. The van der Waals surface area contributed by atoms with Gasteiger partial charge in [0.05, 0.1) is 11.3 Å². The molecule has 0 aliphatic carbocycles. The van der Waals surface area contributed by atoms with Crippen LogP contribution in [-0.4, -0.2) is 12.1 Å². The third-order valence-corrected chi connectivity index (χ3v) is 2.90. The summed E-state index contributed by atoms with van der Waals surface area (Å²) in [5.41, 5.74) is 0.414. The molecule has 0 saturated carbocycles. The molecule has 0 radical (unpaired) electrons. The number of urea groups is 1. The van der Waals surface area contributed by atoms with E-state index in [9.17, 15) is 9.18 Å². The van der Waals surface area contributed by atoms with Crippen molar-refractivity contribution in [2.45, 2.75) is 39.7 Å². The summed E-state index contributed by atoms with van der Waals surface area (Å²) in [6.07, 6.45) is 1.92. The highest BCUT2D eigenvalue weighted by molar-refractivity contribution is 5.90. The summed E-state index contributed by atoms with van der Waals surface area (Å²) in [7, 11) is 0. The lowest BCUT2D eigenvalue weighted by atomic mass is 10.0. The number of halogens is 1. The molecule has 2 N–H and O–H groups in total. The minimum atomic E-state index is -0.502. The number of nitrogens with one attached hydrogen (secondary N) is 2. The number of hydrogen-bond donors (Lipinski definition) is 2. The van der Waals surface area contributed by atoms with E-state index in [1.165, 1.54) is 12.1 Å². The third kappa shape index (κ3) is 5.27. The fraction of sp³-hybridized carbons (Fsp3) is 0.467. The van der Waals surface area contributed by atoms with Crippen molar-refractivity contribution in [3.05, 3.63) is 29.6 Å². The molecule has 0 heterocycles. The van der Waals surface area contributed by atoms with Gasteiger partial charge in [-0.1, -0.05) is 13.8 Å². The van der Waals surface area contributed by atoms with Crippen molar-refractivity contribution in [3.8, 4) is 6.07 Å². The van der Waals surface area contributed by atoms with Gasteiger partial charge in [-0.15, -0.1) is 0 Å². The van der Waals surface area contributed by atoms with E-state index in [2.05, 4.69) is 24.5 Å². The van der Waals surface area contributed by atoms with Gasteiger partial charge < -0.3 is 10.6 Å². The maximum Gasteiger partial charge on any atom is 0.319 e. The normalized spacial score (nSPS) is 11.8. The Morgan fingerprint density at radius 3 is 2.65 bits per heavy atom. The van der Waals surface area contributed by atoms with Gasteiger partial charge in [-0.3, -0.25) is 0 Å². The van der Waals surface area contributed by atoms with E-state index in [4.69, 9.17) is 5.26 Å². The largest absolute Gasteiger partial charge is 0.335 e. The second-order valence-corrected chi connectivity index (χ2v) is 5.27. The van der Waals surface area contributed by atoms with Gasteiger partial charge in [0.15, 0.2) is 0 Å². The second kappa shape index (κ2) is 7.49. The van der Waals surface area contributed by atoms with Crippen LogP contribution in [0.4, 0.5) is 14.9 Å². The first-order valence-electron chi connectivity index (χ1n) is 6.69. The van der Waals surface area contributed by atoms with Crippen LogP contribution in [-0.2, 0) is 0 Å². The lowest BCUT2D eigenvalue weighted by Gasteiger charge is -2.16. The minimum Gasteiger partial charge on any atom is -0.335 e. The van der Waals surface area contributed by atoms with E-state index in [-0.39, 0.29) is 17.6 Å². The van der Waals surface area contributed by atoms with Gasteiger partial charge >= 0.3 is 6.03 Å². The molecule has 0 spiro atoms. The molecule has 1 atom stereocenters. The number of rotatable bonds is 5. The van der Waals surface area contributed by atoms with Crippen LogP contribution in [0.5, 0.6) is 0 Å². The molecule has 0 aromatic heterocycles. The highest BCUT2D eigenvalue weighted by Crippen LogP contribution is 2.16. The number of nitrogens with zero attached hydrogens (tertiary/aromatic N) is 1. The highest BCUT2D eigenvalue weighted by Gasteiger charge is 2.10. The van der Waals surface area contributed by atoms with Crippen LogP contribution >= 0.6 is 0 Å². The summed E-state index contributed by atoms with van der Waals surface area (Å²) in [4.78, 5) is 11.8. The van der Waals surface area contributed by atoms with Crippen molar-refractivity contribution >= 4 is 11.7 Å². The molecule has 1 rings (SSSR count). The Morgan fingerprint density at radius 2 is 2.05 bits per heavy atom. The second-order valence-electron chi connectivity index (χ2n) is 5.27. The van der Waals surface area contributed by atoms with Crippen LogP contribution in [0.2, 0.25) is 0 Å². The van der Waals surface area contributed by atoms with Crippen LogP contribution in [0.25, 0.3) is 0 Å². The topological polar surface area (TPSA) is 64.9 Å². The number of carbonyl (C=O) groups excluding carboxylic acids is 1. The van der Waals surface area contributed by atoms with Gasteiger partial charge in [0.1, 0.15) is 11.9 Å². The number of benzene rings is 1. The molecule has 1 aromatic carbocycles. The SMILES string of the molecule is CC(C)CCC(C)NC(=O)Nc1ccc(F)cc1C#N. The molecule has 5 heteroatoms. The Morgan fingerprint density at radius 1 is 1.35 bits per heavy atom. The minimum absolute atomic E-state index is 0.0448. The van der Waals surface area contributed by atoms with E-state index < -0.39 is 5.82 Å². The molecule has 108 valence electrons. The van der Waals surface area contributed by atoms with Crippen molar-refractivity contribution in [1.29, 1.82) is 5.26 Å². The number of carbonyl (C=O) groups is 1. The molecular formula is C15H20FN3O. The van der Waals surface area contributed by atoms with Crippen LogP contribution < -0.4 is 10.6 Å². The first kappa shape index (κ1) is 16.0. The highest BCUT2D eigenvalue weighted by atomic mass is 19.1. The van der Waals surface area contributed by atoms with E-state index in [0.29, 0.717) is 11.6 Å². The Bertz CT molecular complexity index is 508. The maximum atomic E-state index is 13.0. The molecule has 20 heavy (non-hydrogen) atoms. The molecule has 1 aromatic rings. The number of nitriles is 1. The predicted molar refractivity (Wildman–Crippen MR) is 76.8 cm³/mol. The average Bonchev–Trinajstić information content (AvgIpc) is 2.38. The van der Waals surface area contributed by atoms with Crippen molar-refractivity contribution in [3.63, 3.8) is 0 Å². The molecule has 0 fully saturated rings. The maximum absolute atomic E-state index is 13.0. The van der Waals surface area contributed by atoms with E-state index >= 15 is 0 Å². The summed E-state index contributed by atoms with van der Waals surface area (Å²) in [6.45, 7) is 6.19. The van der Waals surface area contributed by atoms with Gasteiger partial charge in [0.25, 0.3) is 0 Å². The van der Waals surface area contributed by atoms with Crippen molar-refractivity contribution < 1.29 is 9.18 Å². The Kier molecular flexibility index (Phi) is 5.98. The van der Waals surface area contributed by atoms with E-state index in [0.717, 1.165) is 18.9 Å². The summed E-state index contributed by atoms with van der Waals surface area (Å²) in [5.74, 6) is 0.0856. The molecule has 0 aliphatic heterocycles. The Hall–Kier alpha value is -2.09. The monoisotopic (exact) mass is 277 g/mol. The van der Waals surface area contributed by atoms with Gasteiger partial charge in [0.2, 0.25) is 0 Å². The molecular weight excluding hydrogens is 257 g/mol. The standard InChI is InChI=1S/C15H20FN3O/c1-10(2)4-5-11(3)18-15(20)19-14-7-6-13(16)8-12(14)9-17/h6-8,10-11H,4-5H2,1-3H3,(H2,18,19,20). The van der Waals surface area contributed by atoms with Crippen LogP contribution in [0.3, 0.4) is 0 Å². The van der Waals surface area contributed by atoms with Crippen molar-refractivity contribution in [2.24, 2.45) is 5.92 Å². The lowest BCUT2D eigenvalue weighted by molar-refractivity contribution is 0.248. The zero-order valence-electron chi connectivity index (χ0n) is 12.0. The van der Waals surface area contributed by atoms with Gasteiger partial charge in [0, 0.05) is 6.04 Å². The molecule has 0 bridgehead atoms. The Balaban J connectivity index is 2.57. The van der Waals surface area contributed by atoms with Gasteiger partial charge in [-0.25, -0.2) is 9.18 Å². The van der Waals surface area contributed by atoms with Crippen molar-refractivity contribution in [1.82, 2.24) is 5.32 Å². The van der Waals surface area contributed by atoms with Gasteiger partial charge in [-0.05, 0) is 43.9 Å². The zero-order valence-corrected chi connectivity index (χ0v) is 12.0. The number of hydrogen-bond acceptors (Lipinski definition) is 2. The summed E-state index contributed by atoms with van der Waals surface area (Å²) < 4.78 is 13.0. The summed E-state index contributed by atoms with van der Waals surface area (Å²) >= 11 is 0. The van der Waals surface area contributed by atoms with E-state index in [1.807, 2.05) is 13.0 Å². The number of anilines is 1. The molecule has 4 nitrogen and oxygen atoms in total. The van der Waals surface area contributed by atoms with E-state index in [1.54, 1.807) is 0 Å². The quantitative estimate of drug-likeness (QED) is 0.863. The lowest BCUT2D eigenvalue weighted by Crippen LogP contribution is -2.36. The molecule has 1 unspecified atom stereocenters. The third-order valence-electron chi connectivity index (χ3n) is 2.90. The Labute approximate surface area is 119 Å². The van der Waals surface area contributed by atoms with Crippen molar-refractivity contribution in [2.75, 3.05) is 5.32 Å². The fourth-order valence-corrected chi connectivity index (χ4v) is 1.76. The summed E-state index contributed by atoms with van der Waals surface area (Å²) in [6, 6.07) is 5.20.